The Morgan fingerprint density at radius 3 is 1.07 bits per heavy atom. The molecule has 1 heterocycles. The summed E-state index contributed by atoms with van der Waals surface area (Å²) in [6.07, 6.45) is 6.60. The predicted octanol–water partition coefficient (Wildman–Crippen LogP) is 17.4. The van der Waals surface area contributed by atoms with E-state index in [1.165, 1.54) is 131 Å². The molecule has 67 heavy (non-hydrogen) atoms. The fraction of sp³-hybridized carbons (Fsp3) is 0.0154. The van der Waals surface area contributed by atoms with Crippen molar-refractivity contribution in [2.75, 3.05) is 11.4 Å². The third-order valence-corrected chi connectivity index (χ3v) is 14.9. The minimum absolute atomic E-state index is 0.804. The number of nitrogens with zero attached hydrogens (tertiary/aromatic N) is 1. The molecule has 0 radical (unpaired) electrons. The number of hydrogen-bond donors (Lipinski definition) is 1. The van der Waals surface area contributed by atoms with Gasteiger partial charge in [-0.05, 0) is 162 Å². The highest BCUT2D eigenvalue weighted by molar-refractivity contribution is 6.33. The van der Waals surface area contributed by atoms with Gasteiger partial charge in [-0.1, -0.05) is 188 Å². The van der Waals surface area contributed by atoms with Gasteiger partial charge in [-0.25, -0.2) is 0 Å². The van der Waals surface area contributed by atoms with Gasteiger partial charge < -0.3 is 10.2 Å². The zero-order valence-electron chi connectivity index (χ0n) is 36.5. The van der Waals surface area contributed by atoms with Gasteiger partial charge >= 0.3 is 0 Å². The molecule has 2 aliphatic carbocycles. The fourth-order valence-electron chi connectivity index (χ4n) is 12.2. The van der Waals surface area contributed by atoms with Crippen LogP contribution >= 0.6 is 0 Å². The van der Waals surface area contributed by atoms with Gasteiger partial charge in [-0.15, -0.1) is 0 Å². The molecule has 0 saturated carbocycles. The maximum Gasteiger partial charge on any atom is 0.0615 e. The molecule has 0 saturated heterocycles. The SMILES string of the molecule is C1=CC(N(c2cccc(-c3ccc4c5c(cccc35)-c3c-4c4ccccc4c4ccccc34)c2)c2cccc(-c3ccc4c5c(cccc35)-c3c-4c4ccccc4c4ccccc34)c2)=CNC1. The van der Waals surface area contributed by atoms with E-state index < -0.39 is 0 Å². The van der Waals surface area contributed by atoms with E-state index in [9.17, 15) is 0 Å². The Kier molecular flexibility index (Phi) is 7.59. The first-order valence-corrected chi connectivity index (χ1v) is 23.4. The van der Waals surface area contributed by atoms with Crippen LogP contribution < -0.4 is 10.2 Å². The third-order valence-electron chi connectivity index (χ3n) is 14.9. The molecular formula is C65H40N2. The van der Waals surface area contributed by atoms with Crippen LogP contribution in [0.2, 0.25) is 0 Å². The highest BCUT2D eigenvalue weighted by Gasteiger charge is 2.29. The predicted molar refractivity (Wildman–Crippen MR) is 285 cm³/mol. The quantitative estimate of drug-likeness (QED) is 0.174. The van der Waals surface area contributed by atoms with Crippen molar-refractivity contribution in [2.24, 2.45) is 0 Å². The molecule has 3 aliphatic rings. The molecule has 0 amide bonds. The summed E-state index contributed by atoms with van der Waals surface area (Å²) < 4.78 is 0. The van der Waals surface area contributed by atoms with E-state index in [0.717, 1.165) is 23.6 Å². The fourth-order valence-corrected chi connectivity index (χ4v) is 12.2. The van der Waals surface area contributed by atoms with Crippen LogP contribution in [0.15, 0.2) is 230 Å². The largest absolute Gasteiger partial charge is 0.386 e. The molecule has 1 aliphatic heterocycles. The van der Waals surface area contributed by atoms with Gasteiger partial charge in [0.25, 0.3) is 0 Å². The van der Waals surface area contributed by atoms with Gasteiger partial charge in [-0.3, -0.25) is 0 Å². The molecule has 0 unspecified atom stereocenters. The summed E-state index contributed by atoms with van der Waals surface area (Å²) in [6.45, 7) is 0.804. The van der Waals surface area contributed by atoms with E-state index in [4.69, 9.17) is 0 Å². The summed E-state index contributed by atoms with van der Waals surface area (Å²) >= 11 is 0. The van der Waals surface area contributed by atoms with Crippen molar-refractivity contribution in [1.29, 1.82) is 0 Å². The summed E-state index contributed by atoms with van der Waals surface area (Å²) in [4.78, 5) is 2.40. The lowest BCUT2D eigenvalue weighted by Crippen LogP contribution is -2.21. The molecular weight excluding hydrogens is 809 g/mol. The highest BCUT2D eigenvalue weighted by Crippen LogP contribution is 2.57. The average molecular weight is 849 g/mol. The van der Waals surface area contributed by atoms with Gasteiger partial charge in [0.2, 0.25) is 0 Å². The van der Waals surface area contributed by atoms with E-state index >= 15 is 0 Å². The van der Waals surface area contributed by atoms with Crippen LogP contribution in [-0.4, -0.2) is 6.54 Å². The number of rotatable bonds is 5. The number of nitrogens with one attached hydrogen (secondary N) is 1. The minimum atomic E-state index is 0.804. The second kappa shape index (κ2) is 13.9. The number of benzene rings is 12. The lowest BCUT2D eigenvalue weighted by molar-refractivity contribution is 0.941. The van der Waals surface area contributed by atoms with Crippen LogP contribution in [0.1, 0.15) is 0 Å². The van der Waals surface area contributed by atoms with Crippen molar-refractivity contribution in [2.45, 2.75) is 0 Å². The molecule has 0 spiro atoms. The smallest absolute Gasteiger partial charge is 0.0615 e. The summed E-state index contributed by atoms with van der Waals surface area (Å²) in [5.41, 5.74) is 18.8. The molecule has 0 fully saturated rings. The van der Waals surface area contributed by atoms with E-state index in [-0.39, 0.29) is 0 Å². The highest BCUT2D eigenvalue weighted by atomic mass is 15.2. The zero-order chi connectivity index (χ0) is 43.7. The third kappa shape index (κ3) is 5.10. The van der Waals surface area contributed by atoms with Crippen molar-refractivity contribution in [3.63, 3.8) is 0 Å². The van der Waals surface area contributed by atoms with Crippen LogP contribution in [0.25, 0.3) is 131 Å². The molecule has 15 rings (SSSR count). The van der Waals surface area contributed by atoms with Crippen molar-refractivity contribution in [3.8, 4) is 66.8 Å². The first-order chi connectivity index (χ1) is 33.3. The van der Waals surface area contributed by atoms with E-state index in [0.29, 0.717) is 0 Å². The Hall–Kier alpha value is -8.72. The molecule has 0 aromatic heterocycles. The van der Waals surface area contributed by atoms with Gasteiger partial charge in [0.05, 0.1) is 5.70 Å². The van der Waals surface area contributed by atoms with Gasteiger partial charge in [-0.2, -0.15) is 0 Å². The molecule has 310 valence electrons. The number of allylic oxidation sites excluding steroid dienone is 1. The lowest BCUT2D eigenvalue weighted by Gasteiger charge is -2.28. The molecule has 0 atom stereocenters. The first kappa shape index (κ1) is 36.6. The Morgan fingerprint density at radius 2 is 0.672 bits per heavy atom. The maximum absolute atomic E-state index is 3.51. The van der Waals surface area contributed by atoms with Crippen LogP contribution in [0, 0.1) is 0 Å². The summed E-state index contributed by atoms with van der Waals surface area (Å²) in [7, 11) is 0. The summed E-state index contributed by atoms with van der Waals surface area (Å²) in [5, 5.41) is 19.2. The number of anilines is 2. The molecule has 2 heteroatoms. The van der Waals surface area contributed by atoms with Crippen molar-refractivity contribution >= 4 is 76.0 Å². The van der Waals surface area contributed by atoms with Gasteiger partial charge in [0.15, 0.2) is 0 Å². The molecule has 1 N–H and O–H groups in total. The van der Waals surface area contributed by atoms with Crippen molar-refractivity contribution < 1.29 is 0 Å². The maximum atomic E-state index is 3.51. The van der Waals surface area contributed by atoms with Crippen LogP contribution in [0.5, 0.6) is 0 Å². The lowest BCUT2D eigenvalue weighted by atomic mass is 9.90. The Labute approximate surface area is 388 Å². The molecule has 2 nitrogen and oxygen atoms in total. The van der Waals surface area contributed by atoms with Crippen LogP contribution in [0.4, 0.5) is 11.4 Å². The Balaban J connectivity index is 0.877. The molecule has 12 aromatic rings. The van der Waals surface area contributed by atoms with Crippen LogP contribution in [-0.2, 0) is 0 Å². The Bertz CT molecular complexity index is 3830. The van der Waals surface area contributed by atoms with Gasteiger partial charge in [0.1, 0.15) is 0 Å². The second-order valence-corrected chi connectivity index (χ2v) is 18.3. The van der Waals surface area contributed by atoms with Crippen LogP contribution in [0.3, 0.4) is 0 Å². The topological polar surface area (TPSA) is 15.3 Å². The standard InChI is InChI=1S/C65H40N2/c1-5-23-52-46(19-1)48-21-3-7-25-54(48)64-58-33-31-44(50-27-11-29-56(60(50)58)62(52)64)39-14-9-16-41(36-39)67(43-18-13-35-66-38-43)42-17-10-15-40(37-42)45-32-34-59-61-51(45)28-12-30-57(61)63-53-24-6-2-20-47(53)49-22-4-8-26-55(49)65(59)63/h1-34,36-38,66H,35H2. The van der Waals surface area contributed by atoms with E-state index in [2.05, 4.69) is 235 Å². The summed E-state index contributed by atoms with van der Waals surface area (Å²) in [6, 6.07) is 77.2. The summed E-state index contributed by atoms with van der Waals surface area (Å²) in [5.74, 6) is 0. The average Bonchev–Trinajstić information content (AvgIpc) is 3.93. The number of fused-ring (bicyclic) bond motifs is 16. The number of hydrogen-bond acceptors (Lipinski definition) is 2. The van der Waals surface area contributed by atoms with Crippen molar-refractivity contribution in [1.82, 2.24) is 5.32 Å². The van der Waals surface area contributed by atoms with E-state index in [1.54, 1.807) is 0 Å². The van der Waals surface area contributed by atoms with Crippen molar-refractivity contribution in [3.05, 3.63) is 230 Å². The minimum Gasteiger partial charge on any atom is -0.386 e. The monoisotopic (exact) mass is 848 g/mol. The normalized spacial score (nSPS) is 13.2. The van der Waals surface area contributed by atoms with E-state index in [1.807, 2.05) is 0 Å². The van der Waals surface area contributed by atoms with Gasteiger partial charge in [0, 0.05) is 24.1 Å². The number of dihydropyridines is 1. The second-order valence-electron chi connectivity index (χ2n) is 18.3. The Morgan fingerprint density at radius 1 is 0.313 bits per heavy atom. The first-order valence-electron chi connectivity index (χ1n) is 23.4. The molecule has 0 bridgehead atoms. The molecule has 12 aromatic carbocycles. The zero-order valence-corrected chi connectivity index (χ0v) is 36.5.